The van der Waals surface area contributed by atoms with Crippen molar-refractivity contribution in [3.8, 4) is 0 Å². The van der Waals surface area contributed by atoms with E-state index in [1.165, 1.54) is 17.7 Å². The van der Waals surface area contributed by atoms with E-state index in [0.717, 1.165) is 32.0 Å². The maximum atomic E-state index is 11.7. The Labute approximate surface area is 126 Å². The molecule has 0 aliphatic carbocycles. The van der Waals surface area contributed by atoms with Gasteiger partial charge in [-0.05, 0) is 49.7 Å². The van der Waals surface area contributed by atoms with Gasteiger partial charge in [-0.3, -0.25) is 9.69 Å². The summed E-state index contributed by atoms with van der Waals surface area (Å²) in [6.45, 7) is 7.41. The van der Waals surface area contributed by atoms with Gasteiger partial charge in [0.25, 0.3) is 0 Å². The molecule has 112 valence electrons. The van der Waals surface area contributed by atoms with Crippen molar-refractivity contribution in [2.75, 3.05) is 19.6 Å². The van der Waals surface area contributed by atoms with E-state index in [1.807, 2.05) is 6.92 Å². The van der Waals surface area contributed by atoms with Crippen molar-refractivity contribution >= 4 is 17.2 Å². The number of nitrogens with one attached hydrogen (secondary N) is 1. The van der Waals surface area contributed by atoms with Crippen LogP contribution in [-0.2, 0) is 4.79 Å². The third-order valence-electron chi connectivity index (χ3n) is 4.10. The fourth-order valence-electron chi connectivity index (χ4n) is 2.76. The average Bonchev–Trinajstić information content (AvgIpc) is 2.95. The second kappa shape index (κ2) is 7.79. The number of nitrogens with zero attached hydrogens (tertiary/aromatic N) is 1. The zero-order chi connectivity index (χ0) is 14.4. The molecule has 0 bridgehead atoms. The first-order valence-electron chi connectivity index (χ1n) is 7.74. The molecule has 1 aromatic heterocycles. The Morgan fingerprint density at radius 3 is 2.85 bits per heavy atom. The van der Waals surface area contributed by atoms with Gasteiger partial charge in [-0.15, -0.1) is 11.3 Å². The van der Waals surface area contributed by atoms with Gasteiger partial charge in [0.1, 0.15) is 0 Å². The number of carbonyl (C=O) groups is 1. The van der Waals surface area contributed by atoms with Gasteiger partial charge in [0.15, 0.2) is 0 Å². The highest BCUT2D eigenvalue weighted by atomic mass is 32.1. The van der Waals surface area contributed by atoms with Gasteiger partial charge in [0.05, 0.1) is 6.04 Å². The Bertz CT molecular complexity index is 397. The van der Waals surface area contributed by atoms with E-state index in [1.54, 1.807) is 11.3 Å². The minimum Gasteiger partial charge on any atom is -0.354 e. The first-order chi connectivity index (χ1) is 9.70. The Balaban J connectivity index is 1.96. The Morgan fingerprint density at radius 1 is 1.50 bits per heavy atom. The fourth-order valence-corrected chi connectivity index (χ4v) is 3.62. The van der Waals surface area contributed by atoms with Crippen molar-refractivity contribution in [2.24, 2.45) is 5.92 Å². The molecule has 20 heavy (non-hydrogen) atoms. The molecule has 1 fully saturated rings. The van der Waals surface area contributed by atoms with Gasteiger partial charge in [-0.25, -0.2) is 0 Å². The largest absolute Gasteiger partial charge is 0.354 e. The minimum atomic E-state index is 0.180. The Morgan fingerprint density at radius 2 is 2.25 bits per heavy atom. The van der Waals surface area contributed by atoms with Gasteiger partial charge < -0.3 is 5.32 Å². The van der Waals surface area contributed by atoms with Crippen LogP contribution < -0.4 is 5.32 Å². The number of hydrogen-bond donors (Lipinski definition) is 1. The Hall–Kier alpha value is -0.870. The van der Waals surface area contributed by atoms with E-state index in [9.17, 15) is 4.79 Å². The summed E-state index contributed by atoms with van der Waals surface area (Å²) in [5.41, 5.74) is 0. The molecule has 1 saturated heterocycles. The second-order valence-electron chi connectivity index (χ2n) is 5.80. The normalized spacial score (nSPS) is 18.9. The molecular formula is C16H26N2OS. The van der Waals surface area contributed by atoms with Crippen LogP contribution in [0.1, 0.15) is 50.4 Å². The van der Waals surface area contributed by atoms with E-state index in [0.29, 0.717) is 12.5 Å². The molecule has 1 N–H and O–H groups in total. The topological polar surface area (TPSA) is 32.3 Å². The van der Waals surface area contributed by atoms with E-state index < -0.39 is 0 Å². The number of amides is 1. The van der Waals surface area contributed by atoms with Crippen LogP contribution in [0.15, 0.2) is 17.5 Å². The van der Waals surface area contributed by atoms with Gasteiger partial charge in [0, 0.05) is 17.8 Å². The van der Waals surface area contributed by atoms with Crippen molar-refractivity contribution in [2.45, 2.75) is 45.6 Å². The van der Waals surface area contributed by atoms with Crippen molar-refractivity contribution in [1.82, 2.24) is 10.2 Å². The zero-order valence-corrected chi connectivity index (χ0v) is 13.4. The first kappa shape index (κ1) is 15.5. The number of piperidine rings is 1. The fraction of sp³-hybridized carbons (Fsp3) is 0.688. The van der Waals surface area contributed by atoms with Gasteiger partial charge in [-0.2, -0.15) is 0 Å². The zero-order valence-electron chi connectivity index (χ0n) is 12.6. The number of thiophene rings is 1. The highest BCUT2D eigenvalue weighted by Gasteiger charge is 2.25. The van der Waals surface area contributed by atoms with Crippen molar-refractivity contribution in [1.29, 1.82) is 0 Å². The third-order valence-corrected chi connectivity index (χ3v) is 5.07. The summed E-state index contributed by atoms with van der Waals surface area (Å²) in [7, 11) is 0. The number of likely N-dealkylation sites (tertiary alicyclic amines) is 1. The van der Waals surface area contributed by atoms with Gasteiger partial charge in [-0.1, -0.05) is 19.9 Å². The van der Waals surface area contributed by atoms with Crippen LogP contribution in [0.4, 0.5) is 0 Å². The molecule has 3 nitrogen and oxygen atoms in total. The summed E-state index contributed by atoms with van der Waals surface area (Å²) in [5, 5.41) is 5.23. The highest BCUT2D eigenvalue weighted by Crippen LogP contribution is 2.29. The monoisotopic (exact) mass is 294 g/mol. The molecule has 1 aliphatic heterocycles. The van der Waals surface area contributed by atoms with Crippen LogP contribution in [0.3, 0.4) is 0 Å². The molecule has 0 radical (unpaired) electrons. The molecule has 1 atom stereocenters. The molecule has 2 rings (SSSR count). The van der Waals surface area contributed by atoms with Crippen LogP contribution in [0.5, 0.6) is 0 Å². The first-order valence-corrected chi connectivity index (χ1v) is 8.62. The lowest BCUT2D eigenvalue weighted by molar-refractivity contribution is -0.121. The van der Waals surface area contributed by atoms with Crippen molar-refractivity contribution < 1.29 is 4.79 Å². The van der Waals surface area contributed by atoms with E-state index in [4.69, 9.17) is 0 Å². The van der Waals surface area contributed by atoms with Crippen molar-refractivity contribution in [3.05, 3.63) is 22.4 Å². The van der Waals surface area contributed by atoms with Crippen LogP contribution in [0, 0.1) is 5.92 Å². The van der Waals surface area contributed by atoms with Crippen LogP contribution in [0.2, 0.25) is 0 Å². The standard InChI is InChI=1S/C16H26N2OS/c1-3-5-16(19)17-12-14(15-6-4-11-20-15)18-9-7-13(2)8-10-18/h4,6,11,13-14H,3,5,7-10,12H2,1-2H3,(H,17,19). The quantitative estimate of drug-likeness (QED) is 0.871. The predicted octanol–water partition coefficient (Wildman–Crippen LogP) is 3.44. The number of rotatable bonds is 6. The molecule has 4 heteroatoms. The Kier molecular flexibility index (Phi) is 6.05. The summed E-state index contributed by atoms with van der Waals surface area (Å²) in [6, 6.07) is 4.65. The lowest BCUT2D eigenvalue weighted by atomic mass is 9.97. The number of hydrogen-bond acceptors (Lipinski definition) is 3. The van der Waals surface area contributed by atoms with Gasteiger partial charge >= 0.3 is 0 Å². The maximum Gasteiger partial charge on any atom is 0.220 e. The van der Waals surface area contributed by atoms with Crippen molar-refractivity contribution in [3.63, 3.8) is 0 Å². The molecular weight excluding hydrogens is 268 g/mol. The van der Waals surface area contributed by atoms with Crippen LogP contribution in [0.25, 0.3) is 0 Å². The van der Waals surface area contributed by atoms with Gasteiger partial charge in [0.2, 0.25) is 5.91 Å². The van der Waals surface area contributed by atoms with E-state index in [-0.39, 0.29) is 5.91 Å². The van der Waals surface area contributed by atoms with Crippen LogP contribution >= 0.6 is 11.3 Å². The highest BCUT2D eigenvalue weighted by molar-refractivity contribution is 7.10. The summed E-state index contributed by atoms with van der Waals surface area (Å²) >= 11 is 1.80. The molecule has 0 spiro atoms. The molecule has 0 saturated carbocycles. The summed E-state index contributed by atoms with van der Waals surface area (Å²) in [5.74, 6) is 1.02. The SMILES string of the molecule is CCCC(=O)NCC(c1cccs1)N1CCC(C)CC1. The molecule has 1 unspecified atom stereocenters. The molecule has 1 amide bonds. The van der Waals surface area contributed by atoms with E-state index >= 15 is 0 Å². The minimum absolute atomic E-state index is 0.180. The summed E-state index contributed by atoms with van der Waals surface area (Å²) in [4.78, 5) is 15.6. The van der Waals surface area contributed by atoms with E-state index in [2.05, 4.69) is 34.7 Å². The third kappa shape index (κ3) is 4.32. The second-order valence-corrected chi connectivity index (χ2v) is 6.78. The lowest BCUT2D eigenvalue weighted by Gasteiger charge is -2.36. The van der Waals surface area contributed by atoms with Crippen LogP contribution in [-0.4, -0.2) is 30.4 Å². The molecule has 0 aromatic carbocycles. The number of carbonyl (C=O) groups excluding carboxylic acids is 1. The predicted molar refractivity (Wildman–Crippen MR) is 84.9 cm³/mol. The summed E-state index contributed by atoms with van der Waals surface area (Å²) in [6.07, 6.45) is 4.08. The maximum absolute atomic E-state index is 11.7. The smallest absolute Gasteiger partial charge is 0.220 e. The molecule has 1 aliphatic rings. The lowest BCUT2D eigenvalue weighted by Crippen LogP contribution is -2.41. The molecule has 2 heterocycles. The average molecular weight is 294 g/mol. The molecule has 1 aromatic rings. The summed E-state index contributed by atoms with van der Waals surface area (Å²) < 4.78 is 0.